The van der Waals surface area contributed by atoms with E-state index >= 15 is 0 Å². The second-order valence-corrected chi connectivity index (χ2v) is 4.74. The van der Waals surface area contributed by atoms with Gasteiger partial charge in [0.1, 0.15) is 5.60 Å². The van der Waals surface area contributed by atoms with Gasteiger partial charge < -0.3 is 14.8 Å². The van der Waals surface area contributed by atoms with Gasteiger partial charge in [0.2, 0.25) is 0 Å². The Morgan fingerprint density at radius 1 is 1.21 bits per heavy atom. The third kappa shape index (κ3) is 14.6. The van der Waals surface area contributed by atoms with Crippen LogP contribution in [0.1, 0.15) is 34.6 Å². The summed E-state index contributed by atoms with van der Waals surface area (Å²) in [6, 6.07) is 0. The Balaban J connectivity index is 0. The van der Waals surface area contributed by atoms with Gasteiger partial charge in [-0.15, -0.1) is 0 Å². The number of amides is 1. The number of methoxy groups -OCH3 is 1. The molecule has 19 heavy (non-hydrogen) atoms. The second-order valence-electron chi connectivity index (χ2n) is 4.74. The average Bonchev–Trinajstić information content (AvgIpc) is 2.29. The van der Waals surface area contributed by atoms with Crippen LogP contribution in [0.2, 0.25) is 0 Å². The highest BCUT2D eigenvalue weighted by molar-refractivity contribution is 5.71. The van der Waals surface area contributed by atoms with Crippen molar-refractivity contribution in [2.45, 2.75) is 40.2 Å². The normalized spacial score (nSPS) is 10.3. The van der Waals surface area contributed by atoms with E-state index in [0.717, 1.165) is 0 Å². The van der Waals surface area contributed by atoms with Crippen LogP contribution in [-0.4, -0.2) is 56.4 Å². The van der Waals surface area contributed by atoms with Gasteiger partial charge in [-0.3, -0.25) is 9.69 Å². The van der Waals surface area contributed by atoms with Crippen LogP contribution in [0.15, 0.2) is 0 Å². The van der Waals surface area contributed by atoms with E-state index in [1.807, 2.05) is 13.8 Å². The van der Waals surface area contributed by atoms with Gasteiger partial charge in [-0.2, -0.15) is 0 Å². The van der Waals surface area contributed by atoms with Crippen molar-refractivity contribution in [3.05, 3.63) is 0 Å². The quantitative estimate of drug-likeness (QED) is 0.773. The maximum atomic E-state index is 11.3. The van der Waals surface area contributed by atoms with Crippen molar-refractivity contribution in [3.8, 4) is 0 Å². The molecule has 114 valence electrons. The predicted octanol–water partition coefficient (Wildman–Crippen LogP) is 1.64. The number of alkyl carbamates (subject to hydrolysis) is 1. The summed E-state index contributed by atoms with van der Waals surface area (Å²) in [5.41, 5.74) is -0.498. The molecule has 0 aliphatic rings. The van der Waals surface area contributed by atoms with Crippen molar-refractivity contribution >= 4 is 12.1 Å². The molecule has 6 heteroatoms. The van der Waals surface area contributed by atoms with Crippen LogP contribution in [0, 0.1) is 0 Å². The number of hydrogen-bond acceptors (Lipinski definition) is 5. The number of likely N-dealkylation sites (N-methyl/N-ethyl adjacent to an activating group) is 1. The van der Waals surface area contributed by atoms with Gasteiger partial charge >= 0.3 is 12.1 Å². The molecule has 0 radical (unpaired) electrons. The first-order valence-electron chi connectivity index (χ1n) is 6.47. The minimum Gasteiger partial charge on any atom is -0.468 e. The number of nitrogens with zero attached hydrogens (tertiary/aromatic N) is 1. The standard InChI is InChI=1S/C11H22N2O4.C2H6/c1-11(2,3)17-10(15)12-6-7-13(4)8-9(14)16-5;1-2/h6-8H2,1-5H3,(H,12,15);1-2H3. The molecule has 0 spiro atoms. The molecular weight excluding hydrogens is 248 g/mol. The number of rotatable bonds is 5. The van der Waals surface area contributed by atoms with Crippen LogP contribution in [-0.2, 0) is 14.3 Å². The van der Waals surface area contributed by atoms with Crippen LogP contribution in [0.3, 0.4) is 0 Å². The Kier molecular flexibility index (Phi) is 11.2. The van der Waals surface area contributed by atoms with Crippen molar-refractivity contribution in [1.29, 1.82) is 0 Å². The summed E-state index contributed by atoms with van der Waals surface area (Å²) >= 11 is 0. The second kappa shape index (κ2) is 10.6. The van der Waals surface area contributed by atoms with E-state index in [2.05, 4.69) is 10.1 Å². The fourth-order valence-electron chi connectivity index (χ4n) is 1.03. The summed E-state index contributed by atoms with van der Waals surface area (Å²) in [7, 11) is 3.11. The zero-order valence-electron chi connectivity index (χ0n) is 13.2. The molecule has 0 aromatic carbocycles. The number of carbonyl (C=O) groups is 2. The van der Waals surface area contributed by atoms with Gasteiger partial charge in [0, 0.05) is 13.1 Å². The van der Waals surface area contributed by atoms with E-state index in [1.54, 1.807) is 32.7 Å². The Morgan fingerprint density at radius 2 is 1.74 bits per heavy atom. The summed E-state index contributed by atoms with van der Waals surface area (Å²) in [6.45, 7) is 10.6. The summed E-state index contributed by atoms with van der Waals surface area (Å²) in [4.78, 5) is 24.0. The highest BCUT2D eigenvalue weighted by atomic mass is 16.6. The zero-order valence-corrected chi connectivity index (χ0v) is 13.2. The third-order valence-corrected chi connectivity index (χ3v) is 1.79. The van der Waals surface area contributed by atoms with E-state index in [0.29, 0.717) is 13.1 Å². The first-order valence-corrected chi connectivity index (χ1v) is 6.47. The molecule has 0 fully saturated rings. The monoisotopic (exact) mass is 276 g/mol. The number of nitrogens with one attached hydrogen (secondary N) is 1. The zero-order chi connectivity index (χ0) is 15.5. The molecule has 0 aliphatic heterocycles. The van der Waals surface area contributed by atoms with Gasteiger partial charge in [0.05, 0.1) is 13.7 Å². The van der Waals surface area contributed by atoms with Crippen molar-refractivity contribution in [3.63, 3.8) is 0 Å². The van der Waals surface area contributed by atoms with Gasteiger partial charge in [-0.05, 0) is 27.8 Å². The van der Waals surface area contributed by atoms with Gasteiger partial charge in [0.15, 0.2) is 0 Å². The number of hydrogen-bond donors (Lipinski definition) is 1. The van der Waals surface area contributed by atoms with Crippen LogP contribution < -0.4 is 5.32 Å². The van der Waals surface area contributed by atoms with E-state index in [1.165, 1.54) is 7.11 Å². The summed E-state index contributed by atoms with van der Waals surface area (Å²) in [5, 5.41) is 2.61. The molecule has 0 aromatic rings. The van der Waals surface area contributed by atoms with Crippen LogP contribution in [0.4, 0.5) is 4.79 Å². The first kappa shape index (κ1) is 20.0. The molecule has 0 rings (SSSR count). The van der Waals surface area contributed by atoms with Crippen LogP contribution in [0.25, 0.3) is 0 Å². The smallest absolute Gasteiger partial charge is 0.407 e. The minimum atomic E-state index is -0.498. The fraction of sp³-hybridized carbons (Fsp3) is 0.846. The molecule has 6 nitrogen and oxygen atoms in total. The lowest BCUT2D eigenvalue weighted by Crippen LogP contribution is -2.38. The van der Waals surface area contributed by atoms with Crippen LogP contribution >= 0.6 is 0 Å². The molecule has 1 N–H and O–H groups in total. The molecule has 0 saturated heterocycles. The lowest BCUT2D eigenvalue weighted by Gasteiger charge is -2.20. The Hall–Kier alpha value is -1.30. The average molecular weight is 276 g/mol. The molecule has 1 amide bonds. The SMILES string of the molecule is CC.COC(=O)CN(C)CCNC(=O)OC(C)(C)C. The first-order chi connectivity index (χ1) is 8.74. The highest BCUT2D eigenvalue weighted by Crippen LogP contribution is 2.05. The summed E-state index contributed by atoms with van der Waals surface area (Å²) < 4.78 is 9.58. The minimum absolute atomic E-state index is 0.201. The lowest BCUT2D eigenvalue weighted by molar-refractivity contribution is -0.141. The van der Waals surface area contributed by atoms with E-state index in [9.17, 15) is 9.59 Å². The number of esters is 1. The predicted molar refractivity (Wildman–Crippen MR) is 75.1 cm³/mol. The lowest BCUT2D eigenvalue weighted by atomic mass is 10.2. The Labute approximate surface area is 116 Å². The number of ether oxygens (including phenoxy) is 2. The van der Waals surface area contributed by atoms with Gasteiger partial charge in [-0.25, -0.2) is 4.79 Å². The Bertz CT molecular complexity index is 262. The van der Waals surface area contributed by atoms with Crippen molar-refractivity contribution < 1.29 is 19.1 Å². The van der Waals surface area contributed by atoms with Gasteiger partial charge in [-0.1, -0.05) is 13.8 Å². The molecule has 0 saturated carbocycles. The third-order valence-electron chi connectivity index (χ3n) is 1.79. The molecule has 0 aromatic heterocycles. The summed E-state index contributed by atoms with van der Waals surface area (Å²) in [5.74, 6) is -0.301. The molecule has 0 heterocycles. The van der Waals surface area contributed by atoms with Crippen molar-refractivity contribution in [2.75, 3.05) is 33.8 Å². The topological polar surface area (TPSA) is 67.9 Å². The molecule has 0 unspecified atom stereocenters. The fourth-order valence-corrected chi connectivity index (χ4v) is 1.03. The maximum absolute atomic E-state index is 11.3. The van der Waals surface area contributed by atoms with Gasteiger partial charge in [0.25, 0.3) is 0 Å². The van der Waals surface area contributed by atoms with E-state index in [-0.39, 0.29) is 12.5 Å². The number of carbonyl (C=O) groups excluding carboxylic acids is 2. The molecular formula is C13H28N2O4. The van der Waals surface area contributed by atoms with E-state index in [4.69, 9.17) is 4.74 Å². The van der Waals surface area contributed by atoms with Crippen molar-refractivity contribution in [1.82, 2.24) is 10.2 Å². The summed E-state index contributed by atoms with van der Waals surface area (Å²) in [6.07, 6.45) is -0.455. The molecule has 0 aliphatic carbocycles. The maximum Gasteiger partial charge on any atom is 0.407 e. The Morgan fingerprint density at radius 3 is 2.16 bits per heavy atom. The van der Waals surface area contributed by atoms with E-state index < -0.39 is 11.7 Å². The molecule has 0 atom stereocenters. The highest BCUT2D eigenvalue weighted by Gasteiger charge is 2.15. The van der Waals surface area contributed by atoms with Crippen LogP contribution in [0.5, 0.6) is 0 Å². The largest absolute Gasteiger partial charge is 0.468 e. The van der Waals surface area contributed by atoms with Crippen molar-refractivity contribution in [2.24, 2.45) is 0 Å². The molecule has 0 bridgehead atoms.